The van der Waals surface area contributed by atoms with E-state index in [0.717, 1.165) is 29.4 Å². The zero-order chi connectivity index (χ0) is 15.4. The molecule has 4 nitrogen and oxygen atoms in total. The van der Waals surface area contributed by atoms with Crippen LogP contribution in [0.15, 0.2) is 5.03 Å². The highest BCUT2D eigenvalue weighted by Gasteiger charge is 2.22. The summed E-state index contributed by atoms with van der Waals surface area (Å²) in [6.07, 6.45) is 7.84. The molecule has 1 fully saturated rings. The SMILES string of the molecule is CSc1nc(C(C)C)nc(C)c1C(=O)NC1CCCCC1. The maximum atomic E-state index is 12.6. The van der Waals surface area contributed by atoms with E-state index in [1.165, 1.54) is 31.0 Å². The highest BCUT2D eigenvalue weighted by atomic mass is 32.2. The molecule has 21 heavy (non-hydrogen) atoms. The Morgan fingerprint density at radius 2 is 1.90 bits per heavy atom. The number of nitrogens with zero attached hydrogens (tertiary/aromatic N) is 2. The molecule has 0 atom stereocenters. The molecule has 0 bridgehead atoms. The van der Waals surface area contributed by atoms with E-state index in [4.69, 9.17) is 0 Å². The summed E-state index contributed by atoms with van der Waals surface area (Å²) in [5, 5.41) is 3.96. The number of rotatable bonds is 4. The van der Waals surface area contributed by atoms with E-state index in [-0.39, 0.29) is 11.8 Å². The van der Waals surface area contributed by atoms with E-state index >= 15 is 0 Å². The molecule has 1 amide bonds. The van der Waals surface area contributed by atoms with Crippen LogP contribution >= 0.6 is 11.8 Å². The molecule has 1 heterocycles. The van der Waals surface area contributed by atoms with Crippen molar-refractivity contribution < 1.29 is 4.79 Å². The zero-order valence-corrected chi connectivity index (χ0v) is 14.2. The van der Waals surface area contributed by atoms with Gasteiger partial charge in [0.25, 0.3) is 5.91 Å². The van der Waals surface area contributed by atoms with Crippen molar-refractivity contribution in [2.75, 3.05) is 6.26 Å². The van der Waals surface area contributed by atoms with Crippen molar-refractivity contribution in [2.45, 2.75) is 69.9 Å². The maximum Gasteiger partial charge on any atom is 0.256 e. The van der Waals surface area contributed by atoms with Gasteiger partial charge in [0.2, 0.25) is 0 Å². The fraction of sp³-hybridized carbons (Fsp3) is 0.688. The first kappa shape index (κ1) is 16.3. The first-order chi connectivity index (χ1) is 10.0. The lowest BCUT2D eigenvalue weighted by Gasteiger charge is -2.23. The Hall–Kier alpha value is -1.10. The molecule has 1 aliphatic rings. The van der Waals surface area contributed by atoms with Crippen molar-refractivity contribution in [3.8, 4) is 0 Å². The lowest BCUT2D eigenvalue weighted by molar-refractivity contribution is 0.0922. The number of amides is 1. The molecule has 0 spiro atoms. The van der Waals surface area contributed by atoms with Crippen LogP contribution in [-0.4, -0.2) is 28.2 Å². The Kier molecular flexibility index (Phi) is 5.62. The molecule has 1 aromatic heterocycles. The van der Waals surface area contributed by atoms with Crippen LogP contribution in [0, 0.1) is 6.92 Å². The predicted octanol–water partition coefficient (Wildman–Crippen LogP) is 3.69. The summed E-state index contributed by atoms with van der Waals surface area (Å²) in [4.78, 5) is 21.7. The Labute approximate surface area is 131 Å². The van der Waals surface area contributed by atoms with Crippen molar-refractivity contribution in [1.82, 2.24) is 15.3 Å². The van der Waals surface area contributed by atoms with E-state index < -0.39 is 0 Å². The molecule has 2 rings (SSSR count). The third kappa shape index (κ3) is 3.96. The van der Waals surface area contributed by atoms with Gasteiger partial charge in [0, 0.05) is 12.0 Å². The molecular formula is C16H25N3OS. The van der Waals surface area contributed by atoms with Crippen molar-refractivity contribution in [3.05, 3.63) is 17.1 Å². The molecule has 0 saturated heterocycles. The van der Waals surface area contributed by atoms with Gasteiger partial charge in [-0.25, -0.2) is 9.97 Å². The van der Waals surface area contributed by atoms with Gasteiger partial charge in [-0.2, -0.15) is 0 Å². The summed E-state index contributed by atoms with van der Waals surface area (Å²) in [5.41, 5.74) is 1.43. The lowest BCUT2D eigenvalue weighted by Crippen LogP contribution is -2.37. The molecule has 1 N–H and O–H groups in total. The molecule has 116 valence electrons. The van der Waals surface area contributed by atoms with Crippen LogP contribution in [0.1, 0.15) is 73.7 Å². The van der Waals surface area contributed by atoms with E-state index in [9.17, 15) is 4.79 Å². The normalized spacial score (nSPS) is 16.2. The van der Waals surface area contributed by atoms with Crippen LogP contribution in [0.25, 0.3) is 0 Å². The summed E-state index contributed by atoms with van der Waals surface area (Å²) in [7, 11) is 0. The van der Waals surface area contributed by atoms with Crippen LogP contribution in [-0.2, 0) is 0 Å². The van der Waals surface area contributed by atoms with Crippen molar-refractivity contribution in [2.24, 2.45) is 0 Å². The molecule has 5 heteroatoms. The van der Waals surface area contributed by atoms with Crippen LogP contribution in [0.2, 0.25) is 0 Å². The summed E-state index contributed by atoms with van der Waals surface area (Å²) in [5.74, 6) is 1.06. The van der Waals surface area contributed by atoms with E-state index in [1.807, 2.05) is 13.2 Å². The first-order valence-corrected chi connectivity index (χ1v) is 8.98. The number of carbonyl (C=O) groups excluding carboxylic acids is 1. The molecule has 0 aliphatic heterocycles. The highest BCUT2D eigenvalue weighted by Crippen LogP contribution is 2.24. The number of aryl methyl sites for hydroxylation is 1. The summed E-state index contributed by atoms with van der Waals surface area (Å²) in [6.45, 7) is 6.05. The van der Waals surface area contributed by atoms with Gasteiger partial charge in [-0.1, -0.05) is 33.1 Å². The van der Waals surface area contributed by atoms with Gasteiger partial charge >= 0.3 is 0 Å². The number of hydrogen-bond donors (Lipinski definition) is 1. The Morgan fingerprint density at radius 1 is 1.24 bits per heavy atom. The maximum absolute atomic E-state index is 12.6. The lowest BCUT2D eigenvalue weighted by atomic mass is 9.95. The van der Waals surface area contributed by atoms with Gasteiger partial charge in [-0.05, 0) is 26.0 Å². The quantitative estimate of drug-likeness (QED) is 0.681. The molecule has 0 radical (unpaired) electrons. The van der Waals surface area contributed by atoms with Gasteiger partial charge in [-0.3, -0.25) is 4.79 Å². The fourth-order valence-corrected chi connectivity index (χ4v) is 3.37. The Morgan fingerprint density at radius 3 is 2.48 bits per heavy atom. The summed E-state index contributed by atoms with van der Waals surface area (Å²) >= 11 is 1.52. The molecule has 0 aromatic carbocycles. The van der Waals surface area contributed by atoms with Crippen molar-refractivity contribution in [3.63, 3.8) is 0 Å². The zero-order valence-electron chi connectivity index (χ0n) is 13.4. The monoisotopic (exact) mass is 307 g/mol. The molecule has 1 aromatic rings. The third-order valence-electron chi connectivity index (χ3n) is 3.95. The van der Waals surface area contributed by atoms with Gasteiger partial charge in [0.1, 0.15) is 10.9 Å². The minimum Gasteiger partial charge on any atom is -0.349 e. The van der Waals surface area contributed by atoms with Crippen LogP contribution < -0.4 is 5.32 Å². The second-order valence-corrected chi connectivity index (χ2v) is 6.81. The average molecular weight is 307 g/mol. The third-order valence-corrected chi connectivity index (χ3v) is 4.63. The van der Waals surface area contributed by atoms with Crippen molar-refractivity contribution >= 4 is 17.7 Å². The first-order valence-electron chi connectivity index (χ1n) is 7.76. The van der Waals surface area contributed by atoms with Gasteiger partial charge in [0.05, 0.1) is 11.3 Å². The van der Waals surface area contributed by atoms with Crippen LogP contribution in [0.4, 0.5) is 0 Å². The summed E-state index contributed by atoms with van der Waals surface area (Å²) < 4.78 is 0. The smallest absolute Gasteiger partial charge is 0.256 e. The highest BCUT2D eigenvalue weighted by molar-refractivity contribution is 7.98. The van der Waals surface area contributed by atoms with Gasteiger partial charge in [0.15, 0.2) is 0 Å². The number of aromatic nitrogens is 2. The minimum atomic E-state index is -0.0148. The number of thioether (sulfide) groups is 1. The van der Waals surface area contributed by atoms with E-state index in [1.54, 1.807) is 0 Å². The van der Waals surface area contributed by atoms with Gasteiger partial charge in [-0.15, -0.1) is 11.8 Å². The van der Waals surface area contributed by atoms with Crippen LogP contribution in [0.5, 0.6) is 0 Å². The largest absolute Gasteiger partial charge is 0.349 e. The summed E-state index contributed by atoms with van der Waals surface area (Å²) in [6, 6.07) is 0.310. The number of carbonyl (C=O) groups is 1. The van der Waals surface area contributed by atoms with E-state index in [0.29, 0.717) is 11.6 Å². The standard InChI is InChI=1S/C16H25N3OS/c1-10(2)14-17-11(3)13(16(19-14)21-4)15(20)18-12-8-6-5-7-9-12/h10,12H,5-9H2,1-4H3,(H,18,20). The average Bonchev–Trinajstić information content (AvgIpc) is 2.47. The molecular weight excluding hydrogens is 282 g/mol. The van der Waals surface area contributed by atoms with E-state index in [2.05, 4.69) is 29.1 Å². The van der Waals surface area contributed by atoms with Gasteiger partial charge < -0.3 is 5.32 Å². The minimum absolute atomic E-state index is 0.0148. The molecule has 0 unspecified atom stereocenters. The topological polar surface area (TPSA) is 54.9 Å². The number of hydrogen-bond acceptors (Lipinski definition) is 4. The second-order valence-electron chi connectivity index (χ2n) is 6.01. The fourth-order valence-electron chi connectivity index (χ4n) is 2.74. The predicted molar refractivity (Wildman–Crippen MR) is 87.0 cm³/mol. The Balaban J connectivity index is 2.23. The Bertz CT molecular complexity index is 510. The number of nitrogens with one attached hydrogen (secondary N) is 1. The van der Waals surface area contributed by atoms with Crippen molar-refractivity contribution in [1.29, 1.82) is 0 Å². The van der Waals surface area contributed by atoms with Crippen LogP contribution in [0.3, 0.4) is 0 Å². The second kappa shape index (κ2) is 7.25. The molecule has 1 aliphatic carbocycles. The molecule has 1 saturated carbocycles.